The third-order valence-electron chi connectivity index (χ3n) is 3.48. The zero-order valence-electron chi connectivity index (χ0n) is 13.4. The highest BCUT2D eigenvalue weighted by Crippen LogP contribution is 2.30. The molecule has 0 N–H and O–H groups in total. The summed E-state index contributed by atoms with van der Waals surface area (Å²) in [5.41, 5.74) is 0.951. The first-order valence-corrected chi connectivity index (χ1v) is 7.80. The molecule has 2 aromatic carbocycles. The highest BCUT2D eigenvalue weighted by atomic mass is 35.5. The fourth-order valence-corrected chi connectivity index (χ4v) is 2.37. The van der Waals surface area contributed by atoms with Gasteiger partial charge in [-0.15, -0.1) is 10.2 Å². The first-order valence-electron chi connectivity index (χ1n) is 7.42. The van der Waals surface area contributed by atoms with Crippen LogP contribution in [0.25, 0.3) is 11.5 Å². The number of non-ortho nitro benzene ring substituents is 1. The molecule has 0 fully saturated rings. The topological polar surface area (TPSA) is 115 Å². The van der Waals surface area contributed by atoms with Crippen LogP contribution in [-0.2, 0) is 0 Å². The van der Waals surface area contributed by atoms with Gasteiger partial charge >= 0.3 is 0 Å². The van der Waals surface area contributed by atoms with Crippen LogP contribution in [0.4, 0.5) is 5.69 Å². The maximum absolute atomic E-state index is 10.7. The van der Waals surface area contributed by atoms with Crippen LogP contribution in [0.1, 0.15) is 24.5 Å². The molecule has 0 radical (unpaired) electrons. The number of nitro benzene ring substituents is 1. The number of nitro groups is 1. The Balaban J connectivity index is 1.76. The molecule has 1 atom stereocenters. The van der Waals surface area contributed by atoms with Gasteiger partial charge in [0.25, 0.3) is 11.6 Å². The average Bonchev–Trinajstić information content (AvgIpc) is 3.13. The van der Waals surface area contributed by atoms with Crippen molar-refractivity contribution in [1.82, 2.24) is 10.2 Å². The molecule has 1 aromatic heterocycles. The highest BCUT2D eigenvalue weighted by molar-refractivity contribution is 6.32. The minimum atomic E-state index is -0.584. The molecule has 0 aliphatic heterocycles. The van der Waals surface area contributed by atoms with E-state index in [1.807, 2.05) is 6.07 Å². The molecule has 0 unspecified atom stereocenters. The van der Waals surface area contributed by atoms with E-state index in [0.29, 0.717) is 21.9 Å². The average molecular weight is 371 g/mol. The molecule has 0 spiro atoms. The van der Waals surface area contributed by atoms with Gasteiger partial charge in [0.15, 0.2) is 6.10 Å². The van der Waals surface area contributed by atoms with Crippen LogP contribution >= 0.6 is 11.6 Å². The lowest BCUT2D eigenvalue weighted by molar-refractivity contribution is -0.384. The van der Waals surface area contributed by atoms with Gasteiger partial charge < -0.3 is 9.15 Å². The summed E-state index contributed by atoms with van der Waals surface area (Å²) < 4.78 is 11.3. The van der Waals surface area contributed by atoms with Gasteiger partial charge in [0.1, 0.15) is 5.75 Å². The minimum Gasteiger partial charge on any atom is -0.479 e. The molecule has 130 valence electrons. The van der Waals surface area contributed by atoms with Crippen LogP contribution in [-0.4, -0.2) is 15.1 Å². The molecule has 26 heavy (non-hydrogen) atoms. The van der Waals surface area contributed by atoms with Crippen molar-refractivity contribution in [1.29, 1.82) is 5.26 Å². The highest BCUT2D eigenvalue weighted by Gasteiger charge is 2.18. The molecule has 0 bridgehead atoms. The van der Waals surface area contributed by atoms with Gasteiger partial charge in [0.05, 0.1) is 21.6 Å². The summed E-state index contributed by atoms with van der Waals surface area (Å²) in [4.78, 5) is 10.2. The van der Waals surface area contributed by atoms with Crippen molar-refractivity contribution in [2.24, 2.45) is 0 Å². The third-order valence-corrected chi connectivity index (χ3v) is 3.77. The van der Waals surface area contributed by atoms with Crippen LogP contribution in [0.2, 0.25) is 5.02 Å². The summed E-state index contributed by atoms with van der Waals surface area (Å²) in [5, 5.41) is 27.7. The van der Waals surface area contributed by atoms with E-state index >= 15 is 0 Å². The summed E-state index contributed by atoms with van der Waals surface area (Å²) >= 11 is 6.08. The Kier molecular flexibility index (Phi) is 4.82. The molecule has 0 aliphatic carbocycles. The predicted molar refractivity (Wildman–Crippen MR) is 91.6 cm³/mol. The Bertz CT molecular complexity index is 995. The predicted octanol–water partition coefficient (Wildman–Crippen LogP) is 4.31. The van der Waals surface area contributed by atoms with Crippen LogP contribution in [0.15, 0.2) is 46.9 Å². The molecule has 0 aliphatic rings. The van der Waals surface area contributed by atoms with Gasteiger partial charge in [-0.1, -0.05) is 11.6 Å². The molecule has 3 rings (SSSR count). The molecule has 0 amide bonds. The van der Waals surface area contributed by atoms with Crippen molar-refractivity contribution in [2.75, 3.05) is 0 Å². The Morgan fingerprint density at radius 1 is 1.27 bits per heavy atom. The van der Waals surface area contributed by atoms with E-state index < -0.39 is 11.0 Å². The number of nitrogens with zero attached hydrogens (tertiary/aromatic N) is 4. The van der Waals surface area contributed by atoms with Crippen molar-refractivity contribution >= 4 is 17.3 Å². The SMILES string of the molecule is C[C@H](Oc1ccc(C#N)cc1Cl)c1nnc(-c2ccc([N+](=O)[O-])cc2)o1. The number of aromatic nitrogens is 2. The Morgan fingerprint density at radius 2 is 2.00 bits per heavy atom. The second kappa shape index (κ2) is 7.21. The summed E-state index contributed by atoms with van der Waals surface area (Å²) in [6.45, 7) is 1.71. The molecule has 0 saturated carbocycles. The lowest BCUT2D eigenvalue weighted by Gasteiger charge is -2.12. The molecule has 9 heteroatoms. The first kappa shape index (κ1) is 17.4. The van der Waals surface area contributed by atoms with Crippen LogP contribution in [0, 0.1) is 21.4 Å². The monoisotopic (exact) mass is 370 g/mol. The van der Waals surface area contributed by atoms with Crippen molar-refractivity contribution in [3.8, 4) is 23.3 Å². The van der Waals surface area contributed by atoms with Crippen LogP contribution in [0.3, 0.4) is 0 Å². The Labute approximate surface area is 152 Å². The normalized spacial score (nSPS) is 11.6. The van der Waals surface area contributed by atoms with Gasteiger partial charge in [-0.05, 0) is 37.3 Å². The lowest BCUT2D eigenvalue weighted by Crippen LogP contribution is -2.04. The van der Waals surface area contributed by atoms with E-state index in [0.717, 1.165) is 0 Å². The standard InChI is InChI=1S/C17H11ClN4O4/c1-10(25-15-7-2-11(9-19)8-14(15)18)16-20-21-17(26-16)12-3-5-13(6-4-12)22(23)24/h2-8,10H,1H3/t10-/m0/s1. The van der Waals surface area contributed by atoms with E-state index in [2.05, 4.69) is 10.2 Å². The van der Waals surface area contributed by atoms with E-state index in [-0.39, 0.29) is 17.5 Å². The van der Waals surface area contributed by atoms with Gasteiger partial charge in [-0.25, -0.2) is 0 Å². The van der Waals surface area contributed by atoms with Crippen LogP contribution in [0.5, 0.6) is 5.75 Å². The second-order valence-corrected chi connectivity index (χ2v) is 5.67. The quantitative estimate of drug-likeness (QED) is 0.485. The summed E-state index contributed by atoms with van der Waals surface area (Å²) in [5.74, 6) is 0.823. The number of rotatable bonds is 5. The van der Waals surface area contributed by atoms with E-state index in [9.17, 15) is 10.1 Å². The largest absolute Gasteiger partial charge is 0.479 e. The molecule has 8 nitrogen and oxygen atoms in total. The number of hydrogen-bond acceptors (Lipinski definition) is 7. The fourth-order valence-electron chi connectivity index (χ4n) is 2.15. The van der Waals surface area contributed by atoms with Gasteiger partial charge in [-0.3, -0.25) is 10.1 Å². The van der Waals surface area contributed by atoms with E-state index in [1.165, 1.54) is 30.3 Å². The number of nitriles is 1. The van der Waals surface area contributed by atoms with Crippen molar-refractivity contribution in [3.63, 3.8) is 0 Å². The van der Waals surface area contributed by atoms with E-state index in [1.54, 1.807) is 19.1 Å². The molecule has 1 heterocycles. The molecule has 3 aromatic rings. The minimum absolute atomic E-state index is 0.0272. The van der Waals surface area contributed by atoms with Crippen LogP contribution < -0.4 is 4.74 Å². The molecular weight excluding hydrogens is 360 g/mol. The maximum atomic E-state index is 10.7. The van der Waals surface area contributed by atoms with Gasteiger partial charge in [0, 0.05) is 17.7 Å². The number of hydrogen-bond donors (Lipinski definition) is 0. The zero-order chi connectivity index (χ0) is 18.7. The fraction of sp³-hybridized carbons (Fsp3) is 0.118. The smallest absolute Gasteiger partial charge is 0.269 e. The van der Waals surface area contributed by atoms with Gasteiger partial charge in [-0.2, -0.15) is 5.26 Å². The van der Waals surface area contributed by atoms with Gasteiger partial charge in [0.2, 0.25) is 5.89 Å². The summed E-state index contributed by atoms with van der Waals surface area (Å²) in [7, 11) is 0. The Hall–Kier alpha value is -3.44. The molecule has 0 saturated heterocycles. The van der Waals surface area contributed by atoms with Crippen molar-refractivity contribution < 1.29 is 14.1 Å². The Morgan fingerprint density at radius 3 is 2.62 bits per heavy atom. The van der Waals surface area contributed by atoms with Crippen molar-refractivity contribution in [2.45, 2.75) is 13.0 Å². The first-order chi connectivity index (χ1) is 12.5. The summed E-state index contributed by atoms with van der Waals surface area (Å²) in [6, 6.07) is 12.4. The molecular formula is C17H11ClN4O4. The number of halogens is 1. The van der Waals surface area contributed by atoms with E-state index in [4.69, 9.17) is 26.0 Å². The second-order valence-electron chi connectivity index (χ2n) is 5.27. The number of ether oxygens (including phenoxy) is 1. The lowest BCUT2D eigenvalue weighted by atomic mass is 10.2. The number of benzene rings is 2. The third kappa shape index (κ3) is 3.63. The summed E-state index contributed by atoms with van der Waals surface area (Å²) in [6.07, 6.45) is -0.584. The maximum Gasteiger partial charge on any atom is 0.269 e. The van der Waals surface area contributed by atoms with Crippen molar-refractivity contribution in [3.05, 3.63) is 69.1 Å². The zero-order valence-corrected chi connectivity index (χ0v) is 14.2.